The molecule has 2 heterocycles. The fourth-order valence-electron chi connectivity index (χ4n) is 1.77. The molecule has 0 fully saturated rings. The minimum Gasteiger partial charge on any atom is -0.497 e. The monoisotopic (exact) mass is 271 g/mol. The first-order valence-corrected chi connectivity index (χ1v) is 6.89. The Bertz CT molecular complexity index is 678. The Labute approximate surface area is 115 Å². The Balaban J connectivity index is 1.70. The predicted octanol–water partition coefficient (Wildman–Crippen LogP) is 3.03. The normalized spacial score (nSPS) is 10.8. The lowest BCUT2D eigenvalue weighted by Crippen LogP contribution is -1.87. The number of fused-ring (bicyclic) bond motifs is 1. The van der Waals surface area contributed by atoms with E-state index in [1.54, 1.807) is 29.7 Å². The number of methoxy groups -OCH3 is 1. The van der Waals surface area contributed by atoms with Gasteiger partial charge in [0, 0.05) is 16.8 Å². The Morgan fingerprint density at radius 1 is 1.21 bits per heavy atom. The van der Waals surface area contributed by atoms with Gasteiger partial charge in [-0.1, -0.05) is 12.1 Å². The molecule has 3 rings (SSSR count). The predicted molar refractivity (Wildman–Crippen MR) is 75.5 cm³/mol. The third-order valence-corrected chi connectivity index (χ3v) is 3.88. The molecule has 0 aliphatic rings. The van der Waals surface area contributed by atoms with Crippen LogP contribution in [0.5, 0.6) is 5.75 Å². The number of benzene rings is 1. The van der Waals surface area contributed by atoms with Crippen LogP contribution >= 0.6 is 11.8 Å². The van der Waals surface area contributed by atoms with Crippen molar-refractivity contribution in [2.75, 3.05) is 7.11 Å². The van der Waals surface area contributed by atoms with E-state index in [2.05, 4.69) is 28.3 Å². The minimum absolute atomic E-state index is 0.875. The molecule has 1 aromatic carbocycles. The summed E-state index contributed by atoms with van der Waals surface area (Å²) in [4.78, 5) is 5.37. The van der Waals surface area contributed by atoms with Crippen LogP contribution in [0.25, 0.3) is 5.65 Å². The molecule has 0 unspecified atom stereocenters. The largest absolute Gasteiger partial charge is 0.497 e. The lowest BCUT2D eigenvalue weighted by atomic mass is 10.2. The summed E-state index contributed by atoms with van der Waals surface area (Å²) in [7, 11) is 1.68. The number of hydrogen-bond donors (Lipinski definition) is 0. The summed E-state index contributed by atoms with van der Waals surface area (Å²) >= 11 is 1.78. The molecule has 3 aromatic rings. The maximum Gasteiger partial charge on any atom is 0.156 e. The zero-order valence-electron chi connectivity index (χ0n) is 10.5. The second kappa shape index (κ2) is 5.32. The number of rotatable bonds is 4. The molecule has 4 nitrogen and oxygen atoms in total. The maximum absolute atomic E-state index is 5.15. The highest BCUT2D eigenvalue weighted by Crippen LogP contribution is 2.24. The quantitative estimate of drug-likeness (QED) is 0.684. The first-order chi connectivity index (χ1) is 9.35. The maximum atomic E-state index is 5.15. The highest BCUT2D eigenvalue weighted by atomic mass is 32.2. The average Bonchev–Trinajstić information content (AvgIpc) is 2.93. The molecule has 0 saturated carbocycles. The van der Waals surface area contributed by atoms with E-state index in [0.29, 0.717) is 0 Å². The lowest BCUT2D eigenvalue weighted by Gasteiger charge is -2.04. The van der Waals surface area contributed by atoms with Crippen LogP contribution in [-0.4, -0.2) is 21.7 Å². The third kappa shape index (κ3) is 2.71. The van der Waals surface area contributed by atoms with E-state index in [9.17, 15) is 0 Å². The summed E-state index contributed by atoms with van der Waals surface area (Å²) in [5.74, 6) is 1.81. The van der Waals surface area contributed by atoms with Gasteiger partial charge in [0.05, 0.1) is 7.11 Å². The van der Waals surface area contributed by atoms with Gasteiger partial charge in [-0.3, -0.25) is 0 Å². The third-order valence-electron chi connectivity index (χ3n) is 2.82. The van der Waals surface area contributed by atoms with Crippen molar-refractivity contribution in [3.05, 3.63) is 54.5 Å². The molecule has 0 aliphatic heterocycles. The van der Waals surface area contributed by atoms with Crippen molar-refractivity contribution >= 4 is 17.4 Å². The second-order valence-corrected chi connectivity index (χ2v) is 5.11. The molecule has 96 valence electrons. The molecule has 0 bridgehead atoms. The van der Waals surface area contributed by atoms with Crippen molar-refractivity contribution in [2.24, 2.45) is 0 Å². The zero-order valence-corrected chi connectivity index (χ0v) is 11.3. The van der Waals surface area contributed by atoms with E-state index in [1.165, 1.54) is 10.5 Å². The van der Waals surface area contributed by atoms with Crippen LogP contribution in [0.3, 0.4) is 0 Å². The van der Waals surface area contributed by atoms with Gasteiger partial charge in [-0.15, -0.1) is 11.8 Å². The van der Waals surface area contributed by atoms with Crippen LogP contribution in [0.15, 0.2) is 53.8 Å². The van der Waals surface area contributed by atoms with Gasteiger partial charge in [-0.05, 0) is 29.8 Å². The van der Waals surface area contributed by atoms with Crippen LogP contribution in [0.1, 0.15) is 5.56 Å². The fourth-order valence-corrected chi connectivity index (χ4v) is 2.65. The summed E-state index contributed by atoms with van der Waals surface area (Å²) in [5, 5.41) is 4.08. The van der Waals surface area contributed by atoms with Crippen molar-refractivity contribution in [3.8, 4) is 5.75 Å². The second-order valence-electron chi connectivity index (χ2n) is 4.06. The molecule has 0 aliphatic carbocycles. The van der Waals surface area contributed by atoms with Crippen LogP contribution < -0.4 is 4.74 Å². The molecule has 5 heteroatoms. The van der Waals surface area contributed by atoms with Gasteiger partial charge in [0.1, 0.15) is 12.1 Å². The van der Waals surface area contributed by atoms with Gasteiger partial charge in [0.15, 0.2) is 5.65 Å². The molecule has 0 atom stereocenters. The smallest absolute Gasteiger partial charge is 0.156 e. The van der Waals surface area contributed by atoms with Crippen molar-refractivity contribution < 1.29 is 4.74 Å². The van der Waals surface area contributed by atoms with Crippen molar-refractivity contribution in [1.82, 2.24) is 14.6 Å². The molecule has 2 aromatic heterocycles. The van der Waals surface area contributed by atoms with E-state index >= 15 is 0 Å². The van der Waals surface area contributed by atoms with Crippen molar-refractivity contribution in [3.63, 3.8) is 0 Å². The van der Waals surface area contributed by atoms with E-state index < -0.39 is 0 Å². The van der Waals surface area contributed by atoms with Gasteiger partial charge in [-0.25, -0.2) is 9.50 Å². The molecule has 0 radical (unpaired) electrons. The Hall–Kier alpha value is -2.01. The highest BCUT2D eigenvalue weighted by molar-refractivity contribution is 7.98. The van der Waals surface area contributed by atoms with E-state index in [-0.39, 0.29) is 0 Å². The Morgan fingerprint density at radius 3 is 2.84 bits per heavy atom. The van der Waals surface area contributed by atoms with E-state index in [0.717, 1.165) is 17.1 Å². The molecule has 0 amide bonds. The minimum atomic E-state index is 0.875. The van der Waals surface area contributed by atoms with Crippen LogP contribution in [0.4, 0.5) is 0 Å². The number of ether oxygens (including phenoxy) is 1. The number of aromatic nitrogens is 3. The lowest BCUT2D eigenvalue weighted by molar-refractivity contribution is 0.414. The number of thioether (sulfide) groups is 1. The summed E-state index contributed by atoms with van der Waals surface area (Å²) in [6.07, 6.45) is 3.49. The molecular formula is C14H13N3OS. The van der Waals surface area contributed by atoms with Crippen LogP contribution in [-0.2, 0) is 5.75 Å². The summed E-state index contributed by atoms with van der Waals surface area (Å²) in [5.41, 5.74) is 2.15. The number of pyridine rings is 1. The molecule has 0 spiro atoms. The van der Waals surface area contributed by atoms with Gasteiger partial charge in [0.2, 0.25) is 0 Å². The number of nitrogens with zero attached hydrogens (tertiary/aromatic N) is 3. The summed E-state index contributed by atoms with van der Waals surface area (Å²) in [6, 6.07) is 12.2. The first kappa shape index (κ1) is 12.0. The standard InChI is InChI=1S/C14H13N3OS/c1-18-12-4-2-11(3-5-12)9-19-13-6-7-17-14(8-13)15-10-16-17/h2-8,10H,9H2,1H3. The SMILES string of the molecule is COc1ccc(CSc2ccn3ncnc3c2)cc1. The topological polar surface area (TPSA) is 39.4 Å². The van der Waals surface area contributed by atoms with Crippen molar-refractivity contribution in [2.45, 2.75) is 10.6 Å². The van der Waals surface area contributed by atoms with Crippen LogP contribution in [0.2, 0.25) is 0 Å². The summed E-state index contributed by atoms with van der Waals surface area (Å²) < 4.78 is 6.91. The van der Waals surface area contributed by atoms with Gasteiger partial charge >= 0.3 is 0 Å². The van der Waals surface area contributed by atoms with Gasteiger partial charge < -0.3 is 4.74 Å². The molecule has 0 saturated heterocycles. The molecule has 19 heavy (non-hydrogen) atoms. The molecular weight excluding hydrogens is 258 g/mol. The Kier molecular flexibility index (Phi) is 3.37. The molecule has 0 N–H and O–H groups in total. The van der Waals surface area contributed by atoms with Crippen molar-refractivity contribution in [1.29, 1.82) is 0 Å². The van der Waals surface area contributed by atoms with Gasteiger partial charge in [0.25, 0.3) is 0 Å². The van der Waals surface area contributed by atoms with Crippen LogP contribution in [0, 0.1) is 0 Å². The van der Waals surface area contributed by atoms with Gasteiger partial charge in [-0.2, -0.15) is 5.10 Å². The zero-order chi connectivity index (χ0) is 13.1. The summed E-state index contributed by atoms with van der Waals surface area (Å²) in [6.45, 7) is 0. The Morgan fingerprint density at radius 2 is 2.05 bits per heavy atom. The fraction of sp³-hybridized carbons (Fsp3) is 0.143. The van der Waals surface area contributed by atoms with E-state index in [1.807, 2.05) is 24.4 Å². The highest BCUT2D eigenvalue weighted by Gasteiger charge is 2.00. The van der Waals surface area contributed by atoms with E-state index in [4.69, 9.17) is 4.74 Å². The average molecular weight is 271 g/mol. The first-order valence-electron chi connectivity index (χ1n) is 5.90. The number of hydrogen-bond acceptors (Lipinski definition) is 4.